The average molecular weight is 237 g/mol. The van der Waals surface area contributed by atoms with Gasteiger partial charge in [-0.25, -0.2) is 0 Å². The third kappa shape index (κ3) is 3.75. The van der Waals surface area contributed by atoms with Crippen LogP contribution in [-0.4, -0.2) is 26.2 Å². The zero-order valence-electron chi connectivity index (χ0n) is 10.6. The molecule has 1 rings (SSSR count). The van der Waals surface area contributed by atoms with Crippen molar-refractivity contribution >= 4 is 5.90 Å². The van der Waals surface area contributed by atoms with Crippen molar-refractivity contribution in [3.8, 4) is 5.75 Å². The van der Waals surface area contributed by atoms with Gasteiger partial charge in [0.2, 0.25) is 5.90 Å². The fourth-order valence-electron chi connectivity index (χ4n) is 1.46. The molecule has 1 aromatic rings. The van der Waals surface area contributed by atoms with Gasteiger partial charge in [0.05, 0.1) is 25.9 Å². The van der Waals surface area contributed by atoms with Crippen molar-refractivity contribution in [2.45, 2.75) is 20.5 Å². The summed E-state index contributed by atoms with van der Waals surface area (Å²) >= 11 is 0. The van der Waals surface area contributed by atoms with Gasteiger partial charge in [-0.2, -0.15) is 0 Å². The van der Waals surface area contributed by atoms with E-state index in [9.17, 15) is 0 Å². The SMILES string of the molecule is CCOCc1ccc(OC)c(C(=N)OCC)c1. The van der Waals surface area contributed by atoms with E-state index in [1.54, 1.807) is 7.11 Å². The lowest BCUT2D eigenvalue weighted by Gasteiger charge is -2.11. The van der Waals surface area contributed by atoms with Gasteiger partial charge in [-0.15, -0.1) is 0 Å². The molecule has 4 heteroatoms. The van der Waals surface area contributed by atoms with E-state index < -0.39 is 0 Å². The van der Waals surface area contributed by atoms with Crippen molar-refractivity contribution in [3.63, 3.8) is 0 Å². The molecule has 0 aromatic heterocycles. The molecule has 4 nitrogen and oxygen atoms in total. The number of hydrogen-bond donors (Lipinski definition) is 1. The summed E-state index contributed by atoms with van der Waals surface area (Å²) in [7, 11) is 1.58. The van der Waals surface area contributed by atoms with Crippen molar-refractivity contribution in [2.24, 2.45) is 0 Å². The van der Waals surface area contributed by atoms with E-state index in [1.807, 2.05) is 32.0 Å². The molecule has 0 atom stereocenters. The van der Waals surface area contributed by atoms with E-state index in [0.717, 1.165) is 5.56 Å². The highest BCUT2D eigenvalue weighted by atomic mass is 16.5. The Balaban J connectivity index is 2.93. The molecular weight excluding hydrogens is 218 g/mol. The molecule has 0 saturated carbocycles. The Morgan fingerprint density at radius 2 is 2.00 bits per heavy atom. The Hall–Kier alpha value is -1.55. The van der Waals surface area contributed by atoms with E-state index in [2.05, 4.69) is 0 Å². The second kappa shape index (κ2) is 6.91. The second-order valence-corrected chi connectivity index (χ2v) is 3.43. The molecule has 0 amide bonds. The molecule has 0 bridgehead atoms. The number of rotatable bonds is 6. The lowest BCUT2D eigenvalue weighted by Crippen LogP contribution is -2.07. The van der Waals surface area contributed by atoms with Gasteiger partial charge in [-0.3, -0.25) is 5.41 Å². The minimum Gasteiger partial charge on any atom is -0.496 e. The Bertz CT molecular complexity index is 377. The highest BCUT2D eigenvalue weighted by molar-refractivity contribution is 5.94. The van der Waals surface area contributed by atoms with E-state index >= 15 is 0 Å². The highest BCUT2D eigenvalue weighted by Gasteiger charge is 2.10. The monoisotopic (exact) mass is 237 g/mol. The Morgan fingerprint density at radius 1 is 1.24 bits per heavy atom. The first-order chi connectivity index (χ1) is 8.22. The Kier molecular flexibility index (Phi) is 5.49. The van der Waals surface area contributed by atoms with E-state index in [4.69, 9.17) is 19.6 Å². The van der Waals surface area contributed by atoms with E-state index in [-0.39, 0.29) is 5.90 Å². The molecule has 0 radical (unpaired) electrons. The Labute approximate surface area is 102 Å². The normalized spacial score (nSPS) is 10.1. The summed E-state index contributed by atoms with van der Waals surface area (Å²) in [4.78, 5) is 0. The molecule has 0 aliphatic rings. The van der Waals surface area contributed by atoms with Crippen LogP contribution in [0.4, 0.5) is 0 Å². The molecule has 94 valence electrons. The minimum absolute atomic E-state index is 0.127. The smallest absolute Gasteiger partial charge is 0.217 e. The van der Waals surface area contributed by atoms with Crippen LogP contribution in [0.15, 0.2) is 18.2 Å². The molecule has 0 unspecified atom stereocenters. The molecule has 17 heavy (non-hydrogen) atoms. The van der Waals surface area contributed by atoms with E-state index in [1.165, 1.54) is 0 Å². The standard InChI is InChI=1S/C13H19NO3/c1-4-16-9-10-6-7-12(15-3)11(8-10)13(14)17-5-2/h6-8,14H,4-5,9H2,1-3H3. The van der Waals surface area contributed by atoms with Crippen LogP contribution in [0.5, 0.6) is 5.75 Å². The predicted octanol–water partition coefficient (Wildman–Crippen LogP) is 2.59. The minimum atomic E-state index is 0.127. The lowest BCUT2D eigenvalue weighted by molar-refractivity contribution is 0.134. The Morgan fingerprint density at radius 3 is 2.59 bits per heavy atom. The summed E-state index contributed by atoms with van der Waals surface area (Å²) in [5.74, 6) is 0.770. The topological polar surface area (TPSA) is 51.5 Å². The molecule has 0 spiro atoms. The van der Waals surface area contributed by atoms with Gasteiger partial charge in [0.1, 0.15) is 5.75 Å². The van der Waals surface area contributed by atoms with Gasteiger partial charge < -0.3 is 14.2 Å². The molecule has 0 saturated heterocycles. The van der Waals surface area contributed by atoms with Crippen molar-refractivity contribution < 1.29 is 14.2 Å². The number of benzene rings is 1. The summed E-state index contributed by atoms with van der Waals surface area (Å²) in [6.07, 6.45) is 0. The second-order valence-electron chi connectivity index (χ2n) is 3.43. The molecule has 1 N–H and O–H groups in total. The number of hydrogen-bond acceptors (Lipinski definition) is 4. The van der Waals surface area contributed by atoms with Crippen LogP contribution in [0.2, 0.25) is 0 Å². The van der Waals surface area contributed by atoms with Crippen molar-refractivity contribution in [1.29, 1.82) is 5.41 Å². The van der Waals surface area contributed by atoms with Crippen molar-refractivity contribution in [2.75, 3.05) is 20.3 Å². The molecule has 0 fully saturated rings. The predicted molar refractivity (Wildman–Crippen MR) is 66.8 cm³/mol. The van der Waals surface area contributed by atoms with Crippen molar-refractivity contribution in [1.82, 2.24) is 0 Å². The first kappa shape index (κ1) is 13.5. The largest absolute Gasteiger partial charge is 0.496 e. The van der Waals surface area contributed by atoms with Gasteiger partial charge in [-0.1, -0.05) is 6.07 Å². The maximum atomic E-state index is 7.80. The third-order valence-corrected chi connectivity index (χ3v) is 2.27. The van der Waals surface area contributed by atoms with Crippen LogP contribution in [0.25, 0.3) is 0 Å². The summed E-state index contributed by atoms with van der Waals surface area (Å²) in [6.45, 7) is 5.48. The van der Waals surface area contributed by atoms with Gasteiger partial charge in [0.15, 0.2) is 0 Å². The van der Waals surface area contributed by atoms with Crippen LogP contribution in [0.1, 0.15) is 25.0 Å². The molecule has 0 aliphatic carbocycles. The third-order valence-electron chi connectivity index (χ3n) is 2.27. The highest BCUT2D eigenvalue weighted by Crippen LogP contribution is 2.21. The zero-order chi connectivity index (χ0) is 12.7. The summed E-state index contributed by atoms with van der Waals surface area (Å²) in [6, 6.07) is 5.63. The van der Waals surface area contributed by atoms with Crippen LogP contribution in [0, 0.1) is 5.41 Å². The molecular formula is C13H19NO3. The summed E-state index contributed by atoms with van der Waals surface area (Å²) in [5, 5.41) is 7.80. The first-order valence-electron chi connectivity index (χ1n) is 5.69. The molecule has 1 aromatic carbocycles. The quantitative estimate of drug-likeness (QED) is 0.611. The van der Waals surface area contributed by atoms with Crippen LogP contribution in [0.3, 0.4) is 0 Å². The maximum absolute atomic E-state index is 7.80. The van der Waals surface area contributed by atoms with E-state index in [0.29, 0.717) is 31.1 Å². The number of methoxy groups -OCH3 is 1. The van der Waals surface area contributed by atoms with Crippen LogP contribution >= 0.6 is 0 Å². The van der Waals surface area contributed by atoms with Crippen LogP contribution < -0.4 is 4.74 Å². The fraction of sp³-hybridized carbons (Fsp3) is 0.462. The molecule has 0 heterocycles. The van der Waals surface area contributed by atoms with Crippen LogP contribution in [-0.2, 0) is 16.1 Å². The number of ether oxygens (including phenoxy) is 3. The van der Waals surface area contributed by atoms with Gasteiger partial charge in [0.25, 0.3) is 0 Å². The average Bonchev–Trinajstić information content (AvgIpc) is 2.36. The first-order valence-corrected chi connectivity index (χ1v) is 5.69. The van der Waals surface area contributed by atoms with Gasteiger partial charge in [0, 0.05) is 6.61 Å². The lowest BCUT2D eigenvalue weighted by atomic mass is 10.1. The summed E-state index contributed by atoms with van der Waals surface area (Å²) < 4.78 is 15.7. The summed E-state index contributed by atoms with van der Waals surface area (Å²) in [5.41, 5.74) is 1.67. The van der Waals surface area contributed by atoms with Gasteiger partial charge >= 0.3 is 0 Å². The fourth-order valence-corrected chi connectivity index (χ4v) is 1.46. The van der Waals surface area contributed by atoms with Crippen molar-refractivity contribution in [3.05, 3.63) is 29.3 Å². The molecule has 0 aliphatic heterocycles. The van der Waals surface area contributed by atoms with Gasteiger partial charge in [-0.05, 0) is 31.5 Å². The number of nitrogens with one attached hydrogen (secondary N) is 1. The maximum Gasteiger partial charge on any atom is 0.217 e. The zero-order valence-corrected chi connectivity index (χ0v) is 10.6.